The molecule has 100 valence electrons. The molecule has 2 aromatic rings. The third-order valence-corrected chi connectivity index (χ3v) is 3.09. The molecule has 0 amide bonds. The minimum Gasteiger partial charge on any atom is -0.383 e. The molecule has 1 heterocycles. The van der Waals surface area contributed by atoms with Crippen molar-refractivity contribution in [2.45, 2.75) is 26.2 Å². The highest BCUT2D eigenvalue weighted by Gasteiger charge is 2.08. The Morgan fingerprint density at radius 1 is 1.42 bits per heavy atom. The molecule has 0 bridgehead atoms. The van der Waals surface area contributed by atoms with Gasteiger partial charge in [-0.05, 0) is 24.1 Å². The summed E-state index contributed by atoms with van der Waals surface area (Å²) in [5.74, 6) is 0.882. The Morgan fingerprint density at radius 2 is 2.21 bits per heavy atom. The lowest BCUT2D eigenvalue weighted by Crippen LogP contribution is -2.19. The van der Waals surface area contributed by atoms with Gasteiger partial charge in [-0.1, -0.05) is 37.1 Å². The lowest BCUT2D eigenvalue weighted by atomic mass is 10.1. The zero-order valence-electron chi connectivity index (χ0n) is 10.7. The van der Waals surface area contributed by atoms with Gasteiger partial charge >= 0.3 is 0 Å². The van der Waals surface area contributed by atoms with Crippen LogP contribution in [0.1, 0.15) is 30.3 Å². The number of hydrogen-bond acceptors (Lipinski definition) is 3. The van der Waals surface area contributed by atoms with Crippen molar-refractivity contribution in [3.8, 4) is 0 Å². The monoisotopic (exact) mass is 277 g/mol. The summed E-state index contributed by atoms with van der Waals surface area (Å²) in [6, 6.07) is 7.45. The number of benzene rings is 1. The average molecular weight is 278 g/mol. The third kappa shape index (κ3) is 3.35. The van der Waals surface area contributed by atoms with Crippen LogP contribution in [0, 0.1) is 0 Å². The van der Waals surface area contributed by atoms with Gasteiger partial charge in [0.05, 0.1) is 5.56 Å². The Labute approximate surface area is 116 Å². The second kappa shape index (κ2) is 5.89. The SMILES string of the molecule is CCCc1c(N)nc(Cc2cccc(Cl)c2)[nH]c1=O. The topological polar surface area (TPSA) is 71.8 Å². The molecule has 0 saturated heterocycles. The van der Waals surface area contributed by atoms with Crippen LogP contribution >= 0.6 is 11.6 Å². The largest absolute Gasteiger partial charge is 0.383 e. The molecule has 2 rings (SSSR count). The molecule has 0 radical (unpaired) electrons. The normalized spacial score (nSPS) is 10.6. The van der Waals surface area contributed by atoms with E-state index in [-0.39, 0.29) is 5.56 Å². The second-order valence-electron chi connectivity index (χ2n) is 4.43. The van der Waals surface area contributed by atoms with Crippen molar-refractivity contribution in [3.63, 3.8) is 0 Å². The van der Waals surface area contributed by atoms with Gasteiger partial charge in [-0.2, -0.15) is 0 Å². The number of hydrogen-bond donors (Lipinski definition) is 2. The lowest BCUT2D eigenvalue weighted by Gasteiger charge is -2.06. The number of anilines is 1. The van der Waals surface area contributed by atoms with Crippen LogP contribution in [-0.4, -0.2) is 9.97 Å². The number of aromatic amines is 1. The summed E-state index contributed by atoms with van der Waals surface area (Å²) < 4.78 is 0. The number of nitrogen functional groups attached to an aromatic ring is 1. The highest BCUT2D eigenvalue weighted by atomic mass is 35.5. The van der Waals surface area contributed by atoms with Gasteiger partial charge in [-0.25, -0.2) is 4.98 Å². The van der Waals surface area contributed by atoms with E-state index in [1.165, 1.54) is 0 Å². The molecule has 0 aliphatic rings. The predicted molar refractivity (Wildman–Crippen MR) is 77.5 cm³/mol. The maximum Gasteiger partial charge on any atom is 0.256 e. The van der Waals surface area contributed by atoms with Gasteiger partial charge in [0.25, 0.3) is 5.56 Å². The van der Waals surface area contributed by atoms with E-state index in [4.69, 9.17) is 17.3 Å². The van der Waals surface area contributed by atoms with Gasteiger partial charge in [0.2, 0.25) is 0 Å². The molecule has 4 nitrogen and oxygen atoms in total. The number of halogens is 1. The molecule has 19 heavy (non-hydrogen) atoms. The molecule has 0 aliphatic heterocycles. The van der Waals surface area contributed by atoms with Crippen molar-refractivity contribution >= 4 is 17.4 Å². The minimum atomic E-state index is -0.147. The summed E-state index contributed by atoms with van der Waals surface area (Å²) >= 11 is 5.92. The minimum absolute atomic E-state index is 0.147. The standard InChI is InChI=1S/C14H16ClN3O/c1-2-4-11-13(16)17-12(18-14(11)19)8-9-5-3-6-10(15)7-9/h3,5-7H,2,4,8H2,1H3,(H3,16,17,18,19). The number of rotatable bonds is 4. The summed E-state index contributed by atoms with van der Waals surface area (Å²) in [6.45, 7) is 2.00. The van der Waals surface area contributed by atoms with Gasteiger partial charge in [0.1, 0.15) is 11.6 Å². The van der Waals surface area contributed by atoms with Gasteiger partial charge in [-0.15, -0.1) is 0 Å². The van der Waals surface area contributed by atoms with Gasteiger partial charge in [0, 0.05) is 11.4 Å². The first-order valence-corrected chi connectivity index (χ1v) is 6.60. The van der Waals surface area contributed by atoms with E-state index >= 15 is 0 Å². The van der Waals surface area contributed by atoms with Gasteiger partial charge < -0.3 is 10.7 Å². The number of nitrogens with two attached hydrogens (primary N) is 1. The van der Waals surface area contributed by atoms with Crippen LogP contribution in [-0.2, 0) is 12.8 Å². The molecule has 5 heteroatoms. The molecular weight excluding hydrogens is 262 g/mol. The van der Waals surface area contributed by atoms with E-state index in [1.54, 1.807) is 6.07 Å². The van der Waals surface area contributed by atoms with E-state index in [0.717, 1.165) is 12.0 Å². The average Bonchev–Trinajstić information content (AvgIpc) is 2.34. The highest BCUT2D eigenvalue weighted by molar-refractivity contribution is 6.30. The van der Waals surface area contributed by atoms with E-state index in [9.17, 15) is 4.79 Å². The van der Waals surface area contributed by atoms with Crippen molar-refractivity contribution in [3.05, 3.63) is 56.6 Å². The Hall–Kier alpha value is -1.81. The number of nitrogens with one attached hydrogen (secondary N) is 1. The van der Waals surface area contributed by atoms with Crippen LogP contribution in [0.2, 0.25) is 5.02 Å². The van der Waals surface area contributed by atoms with Gasteiger partial charge in [-0.3, -0.25) is 4.79 Å². The highest BCUT2D eigenvalue weighted by Crippen LogP contribution is 2.14. The fraction of sp³-hybridized carbons (Fsp3) is 0.286. The summed E-state index contributed by atoms with van der Waals surface area (Å²) in [7, 11) is 0. The summed E-state index contributed by atoms with van der Waals surface area (Å²) in [5.41, 5.74) is 7.24. The summed E-state index contributed by atoms with van der Waals surface area (Å²) in [4.78, 5) is 18.9. The van der Waals surface area contributed by atoms with Crippen LogP contribution in [0.3, 0.4) is 0 Å². The molecule has 0 unspecified atom stereocenters. The van der Waals surface area contributed by atoms with E-state index < -0.39 is 0 Å². The van der Waals surface area contributed by atoms with Gasteiger partial charge in [0.15, 0.2) is 0 Å². The molecule has 0 atom stereocenters. The molecule has 1 aromatic carbocycles. The Morgan fingerprint density at radius 3 is 2.84 bits per heavy atom. The van der Waals surface area contributed by atoms with Crippen molar-refractivity contribution in [1.82, 2.24) is 9.97 Å². The predicted octanol–water partition coefficient (Wildman–Crippen LogP) is 2.55. The fourth-order valence-corrected chi connectivity index (χ4v) is 2.19. The maximum absolute atomic E-state index is 11.9. The number of aromatic nitrogens is 2. The first kappa shape index (κ1) is 13.6. The van der Waals surface area contributed by atoms with Crippen LogP contribution in [0.15, 0.2) is 29.1 Å². The van der Waals surface area contributed by atoms with E-state index in [1.807, 2.05) is 25.1 Å². The molecule has 1 aromatic heterocycles. The van der Waals surface area contributed by atoms with Crippen molar-refractivity contribution in [2.75, 3.05) is 5.73 Å². The van der Waals surface area contributed by atoms with E-state index in [0.29, 0.717) is 35.1 Å². The van der Waals surface area contributed by atoms with Crippen molar-refractivity contribution in [1.29, 1.82) is 0 Å². The molecular formula is C14H16ClN3O. The second-order valence-corrected chi connectivity index (χ2v) is 4.87. The van der Waals surface area contributed by atoms with Crippen molar-refractivity contribution < 1.29 is 0 Å². The lowest BCUT2D eigenvalue weighted by molar-refractivity contribution is 0.862. The first-order chi connectivity index (χ1) is 9.10. The van der Waals surface area contributed by atoms with Crippen LogP contribution < -0.4 is 11.3 Å². The first-order valence-electron chi connectivity index (χ1n) is 6.22. The van der Waals surface area contributed by atoms with E-state index in [2.05, 4.69) is 9.97 Å². The Bertz CT molecular complexity index is 637. The van der Waals surface area contributed by atoms with Crippen LogP contribution in [0.5, 0.6) is 0 Å². The molecule has 0 fully saturated rings. The Kier molecular flexibility index (Phi) is 4.22. The third-order valence-electron chi connectivity index (χ3n) is 2.86. The fourth-order valence-electron chi connectivity index (χ4n) is 1.98. The molecule has 0 aliphatic carbocycles. The summed E-state index contributed by atoms with van der Waals surface area (Å²) in [5, 5.41) is 0.662. The number of nitrogens with zero attached hydrogens (tertiary/aromatic N) is 1. The zero-order chi connectivity index (χ0) is 13.8. The smallest absolute Gasteiger partial charge is 0.256 e. The molecule has 3 N–H and O–H groups in total. The van der Waals surface area contributed by atoms with Crippen LogP contribution in [0.4, 0.5) is 5.82 Å². The van der Waals surface area contributed by atoms with Crippen LogP contribution in [0.25, 0.3) is 0 Å². The molecule has 0 spiro atoms. The maximum atomic E-state index is 11.9. The molecule has 0 saturated carbocycles. The quantitative estimate of drug-likeness (QED) is 0.902. The summed E-state index contributed by atoms with van der Waals surface area (Å²) in [6.07, 6.45) is 2.01. The van der Waals surface area contributed by atoms with Crippen molar-refractivity contribution in [2.24, 2.45) is 0 Å². The Balaban J connectivity index is 2.29. The zero-order valence-corrected chi connectivity index (χ0v) is 11.5. The number of H-pyrrole nitrogens is 1.